The third-order valence-corrected chi connectivity index (χ3v) is 2.71. The first-order valence-corrected chi connectivity index (χ1v) is 6.69. The lowest BCUT2D eigenvalue weighted by Crippen LogP contribution is -2.39. The summed E-state index contributed by atoms with van der Waals surface area (Å²) in [5, 5.41) is 11.6. The van der Waals surface area contributed by atoms with Gasteiger partial charge in [0.25, 0.3) is 0 Å². The Morgan fingerprint density at radius 1 is 1.48 bits per heavy atom. The number of nitrogens with zero attached hydrogens (tertiary/aromatic N) is 2. The fourth-order valence-electron chi connectivity index (χ4n) is 1.54. The molecule has 0 bridgehead atoms. The van der Waals surface area contributed by atoms with Crippen LogP contribution in [-0.2, 0) is 11.3 Å². The van der Waals surface area contributed by atoms with Gasteiger partial charge in [0, 0.05) is 19.8 Å². The molecule has 0 fully saturated rings. The largest absolute Gasteiger partial charge is 0.478 e. The van der Waals surface area contributed by atoms with Crippen molar-refractivity contribution in [2.45, 2.75) is 26.5 Å². The average molecular weight is 295 g/mol. The minimum absolute atomic E-state index is 0.129. The lowest BCUT2D eigenvalue weighted by Gasteiger charge is -2.18. The van der Waals surface area contributed by atoms with Gasteiger partial charge < -0.3 is 20.1 Å². The van der Waals surface area contributed by atoms with Gasteiger partial charge in [0.05, 0.1) is 30.5 Å². The van der Waals surface area contributed by atoms with Crippen molar-refractivity contribution in [1.82, 2.24) is 15.2 Å². The quantitative estimate of drug-likeness (QED) is 0.792. The number of urea groups is 1. The van der Waals surface area contributed by atoms with Crippen molar-refractivity contribution in [3.8, 4) is 0 Å². The Kier molecular flexibility index (Phi) is 6.61. The summed E-state index contributed by atoms with van der Waals surface area (Å²) >= 11 is 0. The minimum Gasteiger partial charge on any atom is -0.478 e. The van der Waals surface area contributed by atoms with Crippen LogP contribution in [0.5, 0.6) is 0 Å². The van der Waals surface area contributed by atoms with Crippen LogP contribution in [0, 0.1) is 0 Å². The van der Waals surface area contributed by atoms with E-state index in [0.29, 0.717) is 18.8 Å². The number of carbonyl (C=O) groups is 2. The van der Waals surface area contributed by atoms with Crippen molar-refractivity contribution in [1.29, 1.82) is 0 Å². The number of pyridine rings is 1. The maximum absolute atomic E-state index is 11.8. The van der Waals surface area contributed by atoms with Gasteiger partial charge in [-0.3, -0.25) is 4.98 Å². The second kappa shape index (κ2) is 8.21. The first kappa shape index (κ1) is 16.9. The zero-order valence-corrected chi connectivity index (χ0v) is 12.5. The first-order valence-electron chi connectivity index (χ1n) is 6.69. The van der Waals surface area contributed by atoms with E-state index >= 15 is 0 Å². The van der Waals surface area contributed by atoms with Crippen molar-refractivity contribution in [2.75, 3.05) is 20.2 Å². The number of rotatable bonds is 7. The molecule has 0 radical (unpaired) electrons. The molecule has 116 valence electrons. The molecule has 0 aliphatic rings. The Bertz CT molecular complexity index is 491. The van der Waals surface area contributed by atoms with E-state index in [1.54, 1.807) is 7.05 Å². The number of carbonyl (C=O) groups excluding carboxylic acids is 1. The summed E-state index contributed by atoms with van der Waals surface area (Å²) in [7, 11) is 1.67. The maximum atomic E-state index is 11.8. The molecule has 0 aliphatic heterocycles. The summed E-state index contributed by atoms with van der Waals surface area (Å²) < 4.78 is 5.37. The van der Waals surface area contributed by atoms with Gasteiger partial charge in [-0.15, -0.1) is 0 Å². The number of ether oxygens (including phenoxy) is 1. The predicted molar refractivity (Wildman–Crippen MR) is 77.2 cm³/mol. The third kappa shape index (κ3) is 6.22. The molecule has 0 atom stereocenters. The molecule has 1 heterocycles. The van der Waals surface area contributed by atoms with E-state index in [0.717, 1.165) is 0 Å². The van der Waals surface area contributed by atoms with E-state index in [-0.39, 0.29) is 24.2 Å². The summed E-state index contributed by atoms with van der Waals surface area (Å²) in [6, 6.07) is 2.58. The lowest BCUT2D eigenvalue weighted by molar-refractivity contribution is 0.0679. The lowest BCUT2D eigenvalue weighted by atomic mass is 10.2. The average Bonchev–Trinajstić information content (AvgIpc) is 2.44. The number of nitrogens with one attached hydrogen (secondary N) is 1. The van der Waals surface area contributed by atoms with Crippen LogP contribution in [0.15, 0.2) is 18.3 Å². The van der Waals surface area contributed by atoms with Crippen molar-refractivity contribution >= 4 is 12.0 Å². The van der Waals surface area contributed by atoms with Crippen LogP contribution in [0.25, 0.3) is 0 Å². The van der Waals surface area contributed by atoms with E-state index in [2.05, 4.69) is 10.3 Å². The monoisotopic (exact) mass is 295 g/mol. The Labute approximate surface area is 123 Å². The highest BCUT2D eigenvalue weighted by molar-refractivity contribution is 5.87. The second-order valence-electron chi connectivity index (χ2n) is 4.84. The van der Waals surface area contributed by atoms with Gasteiger partial charge in [-0.1, -0.05) is 0 Å². The molecule has 0 unspecified atom stereocenters. The van der Waals surface area contributed by atoms with E-state index in [9.17, 15) is 9.59 Å². The number of carboxylic acids is 1. The number of likely N-dealkylation sites (N-methyl/N-ethyl adjacent to an activating group) is 1. The zero-order chi connectivity index (χ0) is 15.8. The van der Waals surface area contributed by atoms with Gasteiger partial charge in [0.2, 0.25) is 0 Å². The first-order chi connectivity index (χ1) is 9.90. The third-order valence-electron chi connectivity index (χ3n) is 2.71. The Hall–Kier alpha value is -2.15. The molecule has 0 aromatic carbocycles. The molecule has 1 rings (SSSR count). The molecule has 2 amide bonds. The number of carboxylic acid groups (broad SMARTS) is 1. The molecule has 7 nitrogen and oxygen atoms in total. The number of hydrogen-bond donors (Lipinski definition) is 2. The van der Waals surface area contributed by atoms with Crippen LogP contribution < -0.4 is 5.32 Å². The smallest absolute Gasteiger partial charge is 0.335 e. The van der Waals surface area contributed by atoms with E-state index in [4.69, 9.17) is 9.84 Å². The molecule has 21 heavy (non-hydrogen) atoms. The van der Waals surface area contributed by atoms with Gasteiger partial charge in [-0.25, -0.2) is 9.59 Å². The van der Waals surface area contributed by atoms with Crippen LogP contribution in [-0.4, -0.2) is 53.3 Å². The van der Waals surface area contributed by atoms with Crippen molar-refractivity contribution in [2.24, 2.45) is 0 Å². The van der Waals surface area contributed by atoms with Gasteiger partial charge in [-0.2, -0.15) is 0 Å². The van der Waals surface area contributed by atoms with Gasteiger partial charge in [0.15, 0.2) is 0 Å². The summed E-state index contributed by atoms with van der Waals surface area (Å²) in [6.45, 7) is 4.98. The fourth-order valence-corrected chi connectivity index (χ4v) is 1.54. The van der Waals surface area contributed by atoms with E-state index < -0.39 is 5.97 Å². The van der Waals surface area contributed by atoms with Gasteiger partial charge in [0.1, 0.15) is 0 Å². The normalized spacial score (nSPS) is 10.5. The molecule has 7 heteroatoms. The Morgan fingerprint density at radius 3 is 2.81 bits per heavy atom. The Morgan fingerprint density at radius 2 is 2.19 bits per heavy atom. The summed E-state index contributed by atoms with van der Waals surface area (Å²) in [6.07, 6.45) is 1.54. The van der Waals surface area contributed by atoms with Crippen LogP contribution in [0.3, 0.4) is 0 Å². The van der Waals surface area contributed by atoms with E-state index in [1.165, 1.54) is 23.2 Å². The molecular weight excluding hydrogens is 274 g/mol. The van der Waals surface area contributed by atoms with Crippen LogP contribution >= 0.6 is 0 Å². The fraction of sp³-hybridized carbons (Fsp3) is 0.500. The highest BCUT2D eigenvalue weighted by atomic mass is 16.5. The maximum Gasteiger partial charge on any atom is 0.335 e. The number of aromatic carboxylic acids is 1. The number of aromatic nitrogens is 1. The molecular formula is C14H21N3O4. The van der Waals surface area contributed by atoms with Crippen molar-refractivity contribution in [3.63, 3.8) is 0 Å². The van der Waals surface area contributed by atoms with Crippen LogP contribution in [0.2, 0.25) is 0 Å². The Balaban J connectivity index is 2.41. The molecule has 1 aromatic heterocycles. The van der Waals surface area contributed by atoms with Gasteiger partial charge in [-0.05, 0) is 26.0 Å². The highest BCUT2D eigenvalue weighted by Gasteiger charge is 2.09. The summed E-state index contributed by atoms with van der Waals surface area (Å²) in [5.41, 5.74) is 0.642. The van der Waals surface area contributed by atoms with Crippen molar-refractivity contribution in [3.05, 3.63) is 29.6 Å². The SMILES string of the molecule is CC(C)OCCN(C)C(=O)NCc1cc(C(=O)O)ccn1. The van der Waals surface area contributed by atoms with Crippen molar-refractivity contribution < 1.29 is 19.4 Å². The van der Waals surface area contributed by atoms with Crippen LogP contribution in [0.1, 0.15) is 29.9 Å². The van der Waals surface area contributed by atoms with E-state index in [1.807, 2.05) is 13.8 Å². The molecule has 0 spiro atoms. The number of amides is 2. The zero-order valence-electron chi connectivity index (χ0n) is 12.5. The number of hydrogen-bond acceptors (Lipinski definition) is 4. The molecule has 0 saturated heterocycles. The molecule has 0 saturated carbocycles. The molecule has 0 aliphatic carbocycles. The summed E-state index contributed by atoms with van der Waals surface area (Å²) in [5.74, 6) is -1.02. The molecule has 2 N–H and O–H groups in total. The van der Waals surface area contributed by atoms with Gasteiger partial charge >= 0.3 is 12.0 Å². The minimum atomic E-state index is -1.02. The van der Waals surface area contributed by atoms with Crippen LogP contribution in [0.4, 0.5) is 4.79 Å². The predicted octanol–water partition coefficient (Wildman–Crippen LogP) is 1.35. The topological polar surface area (TPSA) is 91.8 Å². The highest BCUT2D eigenvalue weighted by Crippen LogP contribution is 2.02. The summed E-state index contributed by atoms with van der Waals surface area (Å²) in [4.78, 5) is 28.2. The standard InChI is InChI=1S/C14H21N3O4/c1-10(2)21-7-6-17(3)14(20)16-9-12-8-11(13(18)19)4-5-15-12/h4-5,8,10H,6-7,9H2,1-3H3,(H,16,20)(H,18,19). The molecule has 1 aromatic rings. The second-order valence-corrected chi connectivity index (χ2v) is 4.84.